The number of Topliss-reactive ketones (excluding diaryl/α,β-unsaturated/α-hetero) is 4. The van der Waals surface area contributed by atoms with E-state index in [-0.39, 0.29) is 41.7 Å². The fourth-order valence-electron chi connectivity index (χ4n) is 7.13. The molecule has 0 bridgehead atoms. The zero-order valence-electron chi connectivity index (χ0n) is 26.6. The predicted molar refractivity (Wildman–Crippen MR) is 161 cm³/mol. The Bertz CT molecular complexity index is 1380. The van der Waals surface area contributed by atoms with E-state index in [0.29, 0.717) is 12.1 Å². The first-order chi connectivity index (χ1) is 19.8. The smallest absolute Gasteiger partial charge is 0.235 e. The number of phenolic OH excluding ortho intramolecular Hbond substituents is 1. The van der Waals surface area contributed by atoms with Crippen LogP contribution in [0.1, 0.15) is 69.4 Å². The molecule has 0 spiro atoms. The lowest BCUT2D eigenvalue weighted by Gasteiger charge is -2.52. The maximum atomic E-state index is 14.1. The summed E-state index contributed by atoms with van der Waals surface area (Å²) in [5.74, 6) is -10.5. The zero-order chi connectivity index (χ0) is 32.5. The standard InChI is InChI=1S/C32H46N4O7/c1-14(2)36(9)24-17(13-34-15(3)31(4,5)6)12-20(37)22-18(24)10-16-11-19-25(35(7)8)27(39)23(30(33)42)29(41)32(19,43)28(40)21(16)26(22)38/h12,14-16,19,21,23,25,34,37,43H,10-11,13H2,1-9H3,(H2,33,42)/t15-,16+,19+,21?,23?,25+,32+/m1/s1. The lowest BCUT2D eigenvalue weighted by molar-refractivity contribution is -0.181. The predicted octanol–water partition coefficient (Wildman–Crippen LogP) is 1.24. The van der Waals surface area contributed by atoms with Crippen molar-refractivity contribution >= 4 is 34.7 Å². The number of primary amides is 1. The van der Waals surface area contributed by atoms with Gasteiger partial charge in [0.2, 0.25) is 5.91 Å². The summed E-state index contributed by atoms with van der Waals surface area (Å²) in [7, 11) is 5.06. The molecule has 5 N–H and O–H groups in total. The van der Waals surface area contributed by atoms with Crippen molar-refractivity contribution in [1.29, 1.82) is 0 Å². The molecule has 1 amide bonds. The Labute approximate surface area is 253 Å². The van der Waals surface area contributed by atoms with Gasteiger partial charge in [0.1, 0.15) is 5.75 Å². The molecule has 43 heavy (non-hydrogen) atoms. The van der Waals surface area contributed by atoms with Gasteiger partial charge in [-0.05, 0) is 76.2 Å². The number of hydrogen-bond acceptors (Lipinski definition) is 10. The molecule has 1 aromatic carbocycles. The molecule has 11 nitrogen and oxygen atoms in total. The summed E-state index contributed by atoms with van der Waals surface area (Å²) in [4.78, 5) is 70.8. The molecule has 2 unspecified atom stereocenters. The number of rotatable bonds is 7. The molecule has 0 aromatic heterocycles. The number of aromatic hydroxyl groups is 1. The summed E-state index contributed by atoms with van der Waals surface area (Å²) in [6.07, 6.45) is 0.230. The van der Waals surface area contributed by atoms with Crippen LogP contribution in [-0.4, -0.2) is 89.0 Å². The van der Waals surface area contributed by atoms with Gasteiger partial charge < -0.3 is 26.2 Å². The van der Waals surface area contributed by atoms with Crippen molar-refractivity contribution in [3.8, 4) is 5.75 Å². The number of amides is 1. The zero-order valence-corrected chi connectivity index (χ0v) is 26.6. The van der Waals surface area contributed by atoms with E-state index in [1.165, 1.54) is 4.90 Å². The fourth-order valence-corrected chi connectivity index (χ4v) is 7.13. The Morgan fingerprint density at radius 2 is 1.72 bits per heavy atom. The first kappa shape index (κ1) is 32.8. The number of carbonyl (C=O) groups excluding carboxylic acids is 5. The van der Waals surface area contributed by atoms with Crippen LogP contribution in [0.5, 0.6) is 5.75 Å². The highest BCUT2D eigenvalue weighted by Gasteiger charge is 2.69. The molecule has 0 radical (unpaired) electrons. The number of fused-ring (bicyclic) bond motifs is 3. The molecule has 3 aliphatic rings. The molecule has 11 heteroatoms. The van der Waals surface area contributed by atoms with Crippen molar-refractivity contribution in [2.24, 2.45) is 34.8 Å². The van der Waals surface area contributed by atoms with Crippen LogP contribution < -0.4 is 16.0 Å². The number of nitrogens with zero attached hydrogens (tertiary/aromatic N) is 2. The van der Waals surface area contributed by atoms with Gasteiger partial charge in [-0.3, -0.25) is 28.9 Å². The summed E-state index contributed by atoms with van der Waals surface area (Å²) in [5.41, 5.74) is 4.82. The Hall–Kier alpha value is -3.15. The van der Waals surface area contributed by atoms with Gasteiger partial charge in [0.25, 0.3) is 0 Å². The van der Waals surface area contributed by atoms with Crippen LogP contribution in [0.3, 0.4) is 0 Å². The summed E-state index contributed by atoms with van der Waals surface area (Å²) < 4.78 is 0. The van der Waals surface area contributed by atoms with Gasteiger partial charge in [0, 0.05) is 37.3 Å². The Morgan fingerprint density at radius 3 is 2.23 bits per heavy atom. The Kier molecular flexibility index (Phi) is 8.45. The normalized spacial score (nSPS) is 29.8. The number of aliphatic hydroxyl groups is 1. The summed E-state index contributed by atoms with van der Waals surface area (Å²) in [5, 5.41) is 26.6. The highest BCUT2D eigenvalue weighted by atomic mass is 16.3. The lowest BCUT2D eigenvalue weighted by Crippen LogP contribution is -2.74. The van der Waals surface area contributed by atoms with Crippen molar-refractivity contribution in [1.82, 2.24) is 10.2 Å². The number of carbonyl (C=O) groups is 5. The number of anilines is 1. The average Bonchev–Trinajstić information content (AvgIpc) is 2.87. The van der Waals surface area contributed by atoms with Gasteiger partial charge in [0.05, 0.1) is 17.5 Å². The minimum absolute atomic E-state index is 0.00159. The largest absolute Gasteiger partial charge is 0.507 e. The van der Waals surface area contributed by atoms with Gasteiger partial charge in [0.15, 0.2) is 34.7 Å². The third kappa shape index (κ3) is 5.09. The molecule has 0 aliphatic heterocycles. The molecule has 1 aromatic rings. The minimum Gasteiger partial charge on any atom is -0.507 e. The van der Waals surface area contributed by atoms with Crippen molar-refractivity contribution in [3.05, 3.63) is 22.8 Å². The molecule has 7 atom stereocenters. The van der Waals surface area contributed by atoms with E-state index < -0.39 is 64.4 Å². The van der Waals surface area contributed by atoms with Gasteiger partial charge in [-0.1, -0.05) is 20.8 Å². The number of likely N-dealkylation sites (N-methyl/N-ethyl adjacent to an activating group) is 1. The van der Waals surface area contributed by atoms with Crippen LogP contribution in [-0.2, 0) is 32.1 Å². The number of ketones is 4. The van der Waals surface area contributed by atoms with E-state index in [2.05, 4.69) is 33.0 Å². The monoisotopic (exact) mass is 598 g/mol. The first-order valence-electron chi connectivity index (χ1n) is 14.9. The number of benzene rings is 1. The Balaban J connectivity index is 1.87. The maximum absolute atomic E-state index is 14.1. The van der Waals surface area contributed by atoms with E-state index in [4.69, 9.17) is 5.73 Å². The Morgan fingerprint density at radius 1 is 1.12 bits per heavy atom. The summed E-state index contributed by atoms with van der Waals surface area (Å²) in [6.45, 7) is 12.9. The van der Waals surface area contributed by atoms with Crippen LogP contribution in [0.25, 0.3) is 0 Å². The van der Waals surface area contributed by atoms with Crippen molar-refractivity contribution in [2.75, 3.05) is 26.0 Å². The summed E-state index contributed by atoms with van der Waals surface area (Å²) in [6, 6.07) is 0.586. The molecule has 236 valence electrons. The molecule has 3 aliphatic carbocycles. The number of nitrogens with two attached hydrogens (primary N) is 1. The SMILES string of the molecule is CC(C)N(C)c1c(CN[C@H](C)C(C)(C)C)cc(O)c2c1C[C@H]1C[C@H]3[C@H](N(C)C)C(=O)C(C(N)=O)C(=O)[C@@]3(O)C(=O)C1C2=O. The van der Waals surface area contributed by atoms with E-state index >= 15 is 0 Å². The van der Waals surface area contributed by atoms with Crippen LogP contribution >= 0.6 is 0 Å². The fraction of sp³-hybridized carbons (Fsp3) is 0.656. The second kappa shape index (κ2) is 11.1. The van der Waals surface area contributed by atoms with E-state index in [1.807, 2.05) is 25.8 Å². The van der Waals surface area contributed by atoms with E-state index in [1.54, 1.807) is 20.2 Å². The third-order valence-corrected chi connectivity index (χ3v) is 10.1. The van der Waals surface area contributed by atoms with Crippen molar-refractivity contribution < 1.29 is 34.2 Å². The molecular formula is C32H46N4O7. The van der Waals surface area contributed by atoms with E-state index in [9.17, 15) is 34.2 Å². The minimum atomic E-state index is -2.74. The van der Waals surface area contributed by atoms with Crippen LogP contribution in [0.4, 0.5) is 5.69 Å². The van der Waals surface area contributed by atoms with Gasteiger partial charge in [-0.25, -0.2) is 0 Å². The maximum Gasteiger partial charge on any atom is 0.235 e. The number of hydrogen-bond donors (Lipinski definition) is 4. The van der Waals surface area contributed by atoms with Gasteiger partial charge >= 0.3 is 0 Å². The number of phenols is 1. The molecule has 2 fully saturated rings. The van der Waals surface area contributed by atoms with Crippen molar-refractivity contribution in [2.45, 2.75) is 84.7 Å². The molecular weight excluding hydrogens is 552 g/mol. The quantitative estimate of drug-likeness (QED) is 0.335. The van der Waals surface area contributed by atoms with Gasteiger partial charge in [-0.15, -0.1) is 0 Å². The topological polar surface area (TPSA) is 170 Å². The lowest BCUT2D eigenvalue weighted by atomic mass is 9.52. The highest BCUT2D eigenvalue weighted by molar-refractivity contribution is 6.32. The molecule has 2 saturated carbocycles. The van der Waals surface area contributed by atoms with Gasteiger partial charge in [-0.2, -0.15) is 0 Å². The molecule has 0 heterocycles. The van der Waals surface area contributed by atoms with Crippen LogP contribution in [0.2, 0.25) is 0 Å². The van der Waals surface area contributed by atoms with Crippen LogP contribution in [0.15, 0.2) is 6.07 Å². The van der Waals surface area contributed by atoms with Crippen LogP contribution in [0, 0.1) is 29.1 Å². The van der Waals surface area contributed by atoms with Crippen molar-refractivity contribution in [3.63, 3.8) is 0 Å². The third-order valence-electron chi connectivity index (χ3n) is 10.1. The molecule has 0 saturated heterocycles. The first-order valence-corrected chi connectivity index (χ1v) is 14.9. The van der Waals surface area contributed by atoms with E-state index in [0.717, 1.165) is 11.3 Å². The number of nitrogens with one attached hydrogen (secondary N) is 1. The highest BCUT2D eigenvalue weighted by Crippen LogP contribution is 2.52. The second-order valence-corrected chi connectivity index (χ2v) is 14.2. The second-order valence-electron chi connectivity index (χ2n) is 14.2. The molecule has 4 rings (SSSR count). The summed E-state index contributed by atoms with van der Waals surface area (Å²) >= 11 is 0. The average molecular weight is 599 g/mol.